The van der Waals surface area contributed by atoms with Gasteiger partial charge in [-0.3, -0.25) is 0 Å². The van der Waals surface area contributed by atoms with Crippen LogP contribution in [0.2, 0.25) is 0 Å². The molecule has 0 aliphatic carbocycles. The minimum absolute atomic E-state index is 0.162. The number of hydrogen-bond donors (Lipinski definition) is 1. The predicted molar refractivity (Wildman–Crippen MR) is 88.7 cm³/mol. The second-order valence-corrected chi connectivity index (χ2v) is 7.40. The number of hydrogen-bond acceptors (Lipinski definition) is 2. The van der Waals surface area contributed by atoms with Crippen molar-refractivity contribution in [3.8, 4) is 0 Å². The van der Waals surface area contributed by atoms with Gasteiger partial charge in [0.1, 0.15) is 0 Å². The molecule has 2 aromatic carbocycles. The molecule has 104 valence electrons. The van der Waals surface area contributed by atoms with Gasteiger partial charge in [-0.15, -0.1) is 11.8 Å². The van der Waals surface area contributed by atoms with E-state index >= 15 is 0 Å². The van der Waals surface area contributed by atoms with Crippen LogP contribution in [0, 0.1) is 0 Å². The van der Waals surface area contributed by atoms with E-state index in [1.807, 2.05) is 11.8 Å². The maximum absolute atomic E-state index is 3.75. The lowest BCUT2D eigenvalue weighted by atomic mass is 9.85. The third-order valence-corrected chi connectivity index (χ3v) is 4.95. The van der Waals surface area contributed by atoms with E-state index in [9.17, 15) is 0 Å². The summed E-state index contributed by atoms with van der Waals surface area (Å²) in [6.07, 6.45) is 0. The molecule has 1 aliphatic rings. The molecule has 1 heterocycles. The van der Waals surface area contributed by atoms with E-state index in [0.717, 1.165) is 5.75 Å². The van der Waals surface area contributed by atoms with Crippen molar-refractivity contribution >= 4 is 17.4 Å². The minimum atomic E-state index is 0.162. The molecule has 2 aromatic rings. The van der Waals surface area contributed by atoms with Crippen LogP contribution in [0.3, 0.4) is 0 Å². The van der Waals surface area contributed by atoms with Crippen LogP contribution in [-0.4, -0.2) is 5.75 Å². The van der Waals surface area contributed by atoms with Gasteiger partial charge in [0.2, 0.25) is 0 Å². The van der Waals surface area contributed by atoms with E-state index in [0.29, 0.717) is 6.04 Å². The summed E-state index contributed by atoms with van der Waals surface area (Å²) in [5, 5.41) is 3.75. The Labute approximate surface area is 125 Å². The molecule has 0 saturated heterocycles. The molecule has 20 heavy (non-hydrogen) atoms. The van der Waals surface area contributed by atoms with Crippen LogP contribution in [0.25, 0.3) is 0 Å². The summed E-state index contributed by atoms with van der Waals surface area (Å²) in [6, 6.07) is 17.8. The fourth-order valence-electron chi connectivity index (χ4n) is 2.73. The third kappa shape index (κ3) is 2.57. The van der Waals surface area contributed by atoms with Gasteiger partial charge in [0, 0.05) is 16.3 Å². The van der Waals surface area contributed by atoms with Gasteiger partial charge in [-0.25, -0.2) is 0 Å². The predicted octanol–water partition coefficient (Wildman–Crippen LogP) is 5.24. The van der Waals surface area contributed by atoms with Crippen molar-refractivity contribution in [3.63, 3.8) is 0 Å². The molecular formula is C18H21NS. The number of benzene rings is 2. The Morgan fingerprint density at radius 1 is 1.00 bits per heavy atom. The van der Waals surface area contributed by atoms with Crippen molar-refractivity contribution in [2.24, 2.45) is 0 Å². The van der Waals surface area contributed by atoms with E-state index in [4.69, 9.17) is 0 Å². The van der Waals surface area contributed by atoms with Crippen LogP contribution >= 0.6 is 11.8 Å². The highest BCUT2D eigenvalue weighted by atomic mass is 32.2. The Morgan fingerprint density at radius 3 is 2.50 bits per heavy atom. The fraction of sp³-hybridized carbons (Fsp3) is 0.333. The normalized spacial score (nSPS) is 17.9. The van der Waals surface area contributed by atoms with Crippen molar-refractivity contribution in [3.05, 3.63) is 59.7 Å². The van der Waals surface area contributed by atoms with E-state index in [-0.39, 0.29) is 5.41 Å². The Balaban J connectivity index is 1.90. The maximum Gasteiger partial charge on any atom is 0.0618 e. The Hall–Kier alpha value is -1.41. The van der Waals surface area contributed by atoms with Gasteiger partial charge in [-0.2, -0.15) is 0 Å². The van der Waals surface area contributed by atoms with Gasteiger partial charge in [-0.05, 0) is 28.7 Å². The number of fused-ring (bicyclic) bond motifs is 1. The summed E-state index contributed by atoms with van der Waals surface area (Å²) >= 11 is 1.95. The SMILES string of the molecule is CC(C)(C)c1ccccc1NC1CSc2ccccc21. The topological polar surface area (TPSA) is 12.0 Å². The summed E-state index contributed by atoms with van der Waals surface area (Å²) in [7, 11) is 0. The summed E-state index contributed by atoms with van der Waals surface area (Å²) in [6.45, 7) is 6.81. The van der Waals surface area contributed by atoms with Gasteiger partial charge >= 0.3 is 0 Å². The van der Waals surface area contributed by atoms with Crippen LogP contribution in [0.4, 0.5) is 5.69 Å². The lowest BCUT2D eigenvalue weighted by molar-refractivity contribution is 0.591. The number of nitrogens with one attached hydrogen (secondary N) is 1. The minimum Gasteiger partial charge on any atom is -0.377 e. The first kappa shape index (κ1) is 13.6. The van der Waals surface area contributed by atoms with Crippen LogP contribution in [-0.2, 0) is 5.41 Å². The van der Waals surface area contributed by atoms with Crippen molar-refractivity contribution < 1.29 is 0 Å². The number of thioether (sulfide) groups is 1. The van der Waals surface area contributed by atoms with Crippen LogP contribution < -0.4 is 5.32 Å². The monoisotopic (exact) mass is 283 g/mol. The Kier molecular flexibility index (Phi) is 3.51. The maximum atomic E-state index is 3.75. The number of anilines is 1. The molecule has 3 rings (SSSR count). The van der Waals surface area contributed by atoms with Gasteiger partial charge in [0.25, 0.3) is 0 Å². The largest absolute Gasteiger partial charge is 0.377 e. The summed E-state index contributed by atoms with van der Waals surface area (Å²) < 4.78 is 0. The van der Waals surface area contributed by atoms with Crippen LogP contribution in [0.15, 0.2) is 53.4 Å². The molecule has 1 atom stereocenters. The molecular weight excluding hydrogens is 262 g/mol. The van der Waals surface area contributed by atoms with Crippen molar-refractivity contribution in [2.45, 2.75) is 37.1 Å². The molecule has 1 aliphatic heterocycles. The smallest absolute Gasteiger partial charge is 0.0618 e. The molecule has 1 N–H and O–H groups in total. The van der Waals surface area contributed by atoms with Crippen molar-refractivity contribution in [1.29, 1.82) is 0 Å². The first-order valence-corrected chi connectivity index (χ1v) is 8.12. The van der Waals surface area contributed by atoms with Gasteiger partial charge in [0.15, 0.2) is 0 Å². The average molecular weight is 283 g/mol. The molecule has 0 aromatic heterocycles. The van der Waals surface area contributed by atoms with Crippen LogP contribution in [0.5, 0.6) is 0 Å². The molecule has 0 saturated carbocycles. The molecule has 0 amide bonds. The van der Waals surface area contributed by atoms with E-state index in [1.165, 1.54) is 21.7 Å². The van der Waals surface area contributed by atoms with Crippen molar-refractivity contribution in [1.82, 2.24) is 0 Å². The second kappa shape index (κ2) is 5.17. The Morgan fingerprint density at radius 2 is 1.70 bits per heavy atom. The lowest BCUT2D eigenvalue weighted by Gasteiger charge is -2.25. The third-order valence-electron chi connectivity index (χ3n) is 3.76. The highest BCUT2D eigenvalue weighted by Crippen LogP contribution is 2.41. The zero-order valence-electron chi connectivity index (χ0n) is 12.3. The van der Waals surface area contributed by atoms with Gasteiger partial charge in [0.05, 0.1) is 6.04 Å². The van der Waals surface area contributed by atoms with E-state index < -0.39 is 0 Å². The van der Waals surface area contributed by atoms with Crippen molar-refractivity contribution in [2.75, 3.05) is 11.1 Å². The zero-order valence-corrected chi connectivity index (χ0v) is 13.1. The first-order chi connectivity index (χ1) is 9.55. The Bertz CT molecular complexity index is 613. The molecule has 0 spiro atoms. The number of para-hydroxylation sites is 1. The highest BCUT2D eigenvalue weighted by Gasteiger charge is 2.24. The molecule has 0 fully saturated rings. The van der Waals surface area contributed by atoms with Gasteiger partial charge < -0.3 is 5.32 Å². The average Bonchev–Trinajstić information content (AvgIpc) is 2.82. The standard InChI is InChI=1S/C18H21NS/c1-18(2,3)14-9-5-6-10-15(14)19-16-12-20-17-11-7-4-8-13(16)17/h4-11,16,19H,12H2,1-3H3. The molecule has 1 unspecified atom stereocenters. The van der Waals surface area contributed by atoms with E-state index in [1.54, 1.807) is 0 Å². The van der Waals surface area contributed by atoms with Gasteiger partial charge in [-0.1, -0.05) is 57.2 Å². The lowest BCUT2D eigenvalue weighted by Crippen LogP contribution is -2.17. The molecule has 1 nitrogen and oxygen atoms in total. The molecule has 0 bridgehead atoms. The van der Waals surface area contributed by atoms with Crippen LogP contribution in [0.1, 0.15) is 37.9 Å². The number of rotatable bonds is 2. The summed E-state index contributed by atoms with van der Waals surface area (Å²) in [5.41, 5.74) is 4.24. The molecule has 2 heteroatoms. The molecule has 0 radical (unpaired) electrons. The summed E-state index contributed by atoms with van der Waals surface area (Å²) in [4.78, 5) is 1.42. The highest BCUT2D eigenvalue weighted by molar-refractivity contribution is 7.99. The van der Waals surface area contributed by atoms with E-state index in [2.05, 4.69) is 74.6 Å². The fourth-order valence-corrected chi connectivity index (χ4v) is 3.89. The quantitative estimate of drug-likeness (QED) is 0.808. The second-order valence-electron chi connectivity index (χ2n) is 6.34. The first-order valence-electron chi connectivity index (χ1n) is 7.13. The summed E-state index contributed by atoms with van der Waals surface area (Å²) in [5.74, 6) is 1.11. The zero-order chi connectivity index (χ0) is 14.2.